The number of carboxylic acids is 1. The Hall–Kier alpha value is 1.06. The molecule has 0 saturated carbocycles. The fourth-order valence-corrected chi connectivity index (χ4v) is 4.46. The van der Waals surface area contributed by atoms with Crippen LogP contribution in [0, 0.1) is 5.92 Å². The molecule has 0 aliphatic carbocycles. The molecule has 0 aromatic heterocycles. The third-order valence-electron chi connectivity index (χ3n) is 4.86. The van der Waals surface area contributed by atoms with Crippen molar-refractivity contribution in [1.29, 1.82) is 0 Å². The maximum absolute atomic E-state index is 12.1. The van der Waals surface area contributed by atoms with Crippen LogP contribution in [0.5, 0.6) is 0 Å². The molecule has 2 saturated heterocycles. The van der Waals surface area contributed by atoms with E-state index in [1.165, 1.54) is 13.8 Å². The Morgan fingerprint density at radius 3 is 2.03 bits per heavy atom. The smallest absolute Gasteiger partial charge is 0.707 e. The number of ether oxygens (including phenoxy) is 4. The number of aliphatic hydroxyl groups is 3. The number of rotatable bonds is 6. The first-order chi connectivity index (χ1) is 13.0. The van der Waals surface area contributed by atoms with Gasteiger partial charge >= 0.3 is 59.1 Å². The summed E-state index contributed by atoms with van der Waals surface area (Å²) >= 11 is 0. The molecular weight excluding hydrogens is 454 g/mol. The van der Waals surface area contributed by atoms with Crippen molar-refractivity contribution in [3.8, 4) is 0 Å². The van der Waals surface area contributed by atoms with Gasteiger partial charge in [-0.25, -0.2) is 0 Å². The Bertz CT molecular complexity index is 664. The molecule has 164 valence electrons. The summed E-state index contributed by atoms with van der Waals surface area (Å²) in [4.78, 5) is 11.2. The fourth-order valence-electron chi connectivity index (χ4n) is 3.29. The number of aliphatic hydroxyl groups excluding tert-OH is 3. The normalized spacial score (nSPS) is 42.0. The van der Waals surface area contributed by atoms with Crippen molar-refractivity contribution in [3.63, 3.8) is 0 Å². The Labute approximate surface area is 217 Å². The van der Waals surface area contributed by atoms with Gasteiger partial charge in [0.1, 0.15) is 29.7 Å². The molecule has 0 aromatic carbocycles. The van der Waals surface area contributed by atoms with Crippen LogP contribution >= 0.6 is 0 Å². The molecule has 3 N–H and O–H groups in total. The minimum Gasteiger partial charge on any atom is -0.707 e. The molecule has 30 heavy (non-hydrogen) atoms. The number of methoxy groups -OCH3 is 1. The Kier molecular flexibility index (Phi) is 12.9. The predicted molar refractivity (Wildman–Crippen MR) is 80.9 cm³/mol. The zero-order valence-corrected chi connectivity index (χ0v) is 21.9. The van der Waals surface area contributed by atoms with Gasteiger partial charge in [-0.15, -0.1) is 0 Å². The number of carboxylic acid groups (broad SMARTS) is 1. The Morgan fingerprint density at radius 1 is 1.00 bits per heavy atom. The molecule has 13 nitrogen and oxygen atoms in total. The second-order valence-electron chi connectivity index (χ2n) is 6.65. The molecule has 2 aliphatic heterocycles. The number of hydrogen-bond acceptors (Lipinski definition) is 13. The molecule has 10 atom stereocenters. The summed E-state index contributed by atoms with van der Waals surface area (Å²) in [6, 6.07) is 0. The van der Waals surface area contributed by atoms with E-state index in [4.69, 9.17) is 18.9 Å². The van der Waals surface area contributed by atoms with E-state index < -0.39 is 76.5 Å². The average Bonchev–Trinajstić information content (AvgIpc) is 2.63. The van der Waals surface area contributed by atoms with E-state index in [1.807, 2.05) is 0 Å². The molecule has 0 radical (unpaired) electrons. The summed E-state index contributed by atoms with van der Waals surface area (Å²) in [5, 5.41) is 50.3. The molecule has 16 heteroatoms. The van der Waals surface area contributed by atoms with Crippen LogP contribution in [-0.4, -0.2) is 91.3 Å². The molecule has 2 heterocycles. The molecule has 2 rings (SSSR count). The summed E-state index contributed by atoms with van der Waals surface area (Å²) in [7, 11) is -3.81. The zero-order valence-electron chi connectivity index (χ0n) is 17.1. The van der Waals surface area contributed by atoms with E-state index in [0.29, 0.717) is 0 Å². The van der Waals surface area contributed by atoms with E-state index in [2.05, 4.69) is 4.33 Å². The second kappa shape index (κ2) is 12.5. The van der Waals surface area contributed by atoms with Crippen molar-refractivity contribution >= 4 is 16.1 Å². The van der Waals surface area contributed by atoms with Crippen molar-refractivity contribution in [2.45, 2.75) is 68.3 Å². The van der Waals surface area contributed by atoms with Crippen LogP contribution in [0.1, 0.15) is 13.8 Å². The van der Waals surface area contributed by atoms with E-state index in [-0.39, 0.29) is 59.1 Å². The van der Waals surface area contributed by atoms with Gasteiger partial charge in [0, 0.05) is 13.0 Å². The van der Waals surface area contributed by atoms with Crippen LogP contribution < -0.4 is 69.5 Å². The predicted octanol–water partition coefficient (Wildman–Crippen LogP) is -11.0. The van der Waals surface area contributed by atoms with Gasteiger partial charge in [0.05, 0.1) is 18.2 Å². The fraction of sp³-hybridized carbons (Fsp3) is 0.929. The maximum atomic E-state index is 12.1. The number of aliphatic carboxylic acids is 1. The number of carbonyl (C=O) groups is 1. The Balaban J connectivity index is 0.00000420. The van der Waals surface area contributed by atoms with Gasteiger partial charge in [-0.05, 0) is 6.92 Å². The van der Waals surface area contributed by atoms with Gasteiger partial charge in [-0.2, -0.15) is 8.42 Å². The minimum atomic E-state index is -4.94. The zero-order chi connectivity index (χ0) is 21.4. The van der Waals surface area contributed by atoms with Crippen molar-refractivity contribution in [2.75, 3.05) is 7.11 Å². The van der Waals surface area contributed by atoms with Gasteiger partial charge < -0.3 is 53.8 Å². The summed E-state index contributed by atoms with van der Waals surface area (Å²) in [5.41, 5.74) is 0. The third kappa shape index (κ3) is 6.34. The number of hydrogen-bond donors (Lipinski definition) is 3. The molecule has 0 spiro atoms. The van der Waals surface area contributed by atoms with E-state index in [1.54, 1.807) is 0 Å². The monoisotopic (exact) mass is 476 g/mol. The molecule has 2 fully saturated rings. The Morgan fingerprint density at radius 2 is 1.57 bits per heavy atom. The maximum Gasteiger partial charge on any atom is 1.00 e. The number of carbonyl (C=O) groups excluding carboxylic acids is 1. The van der Waals surface area contributed by atoms with Crippen molar-refractivity contribution in [1.82, 2.24) is 0 Å². The molecular formula is C14H22Na2O13S. The molecule has 0 bridgehead atoms. The SMILES string of the molecule is CO[C@@H]1OC(C)[C@H](O[C@@H]2OC(C(=O)[O-])[C@@H](C)C(O)[C@@H]2O)[C@H](S(=O)(=O)O[O-])C1O.[Na+].[Na+]. The van der Waals surface area contributed by atoms with E-state index >= 15 is 0 Å². The topological polar surface area (TPSA) is 204 Å². The van der Waals surface area contributed by atoms with Gasteiger partial charge in [-0.1, -0.05) is 6.92 Å². The summed E-state index contributed by atoms with van der Waals surface area (Å²) in [5.74, 6) is -2.75. The molecule has 2 aliphatic rings. The largest absolute Gasteiger partial charge is 1.00 e. The molecule has 4 unspecified atom stereocenters. The van der Waals surface area contributed by atoms with Crippen LogP contribution in [-0.2, 0) is 38.2 Å². The third-order valence-corrected chi connectivity index (χ3v) is 6.26. The van der Waals surface area contributed by atoms with Crippen molar-refractivity contribution in [2.24, 2.45) is 5.92 Å². The first kappa shape index (κ1) is 31.1. The standard InChI is InChI=1S/C14H24O13S.2Na/c1-4-6(15)7(16)14(25-9(4)12(18)19)26-10-5(2)24-13(23-3)8(17)11(10)28(21,22)27-20;;/h4-11,13-17,20H,1-3H3,(H,18,19);;/q;2*+1/p-2/t4-,5?,6?,7-,8?,9?,10-,11+,13+,14-;;/m0../s1. The van der Waals surface area contributed by atoms with Gasteiger partial charge in [0.2, 0.25) is 0 Å². The first-order valence-electron chi connectivity index (χ1n) is 8.25. The molecule has 0 amide bonds. The second-order valence-corrected chi connectivity index (χ2v) is 8.31. The summed E-state index contributed by atoms with van der Waals surface area (Å²) in [6.07, 6.45) is -13.0. The first-order valence-corrected chi connectivity index (χ1v) is 9.72. The van der Waals surface area contributed by atoms with Crippen LogP contribution in [0.3, 0.4) is 0 Å². The van der Waals surface area contributed by atoms with Crippen LogP contribution in [0.15, 0.2) is 0 Å². The quantitative estimate of drug-likeness (QED) is 0.185. The van der Waals surface area contributed by atoms with Crippen molar-refractivity contribution < 1.29 is 121 Å². The average molecular weight is 476 g/mol. The van der Waals surface area contributed by atoms with Gasteiger partial charge in [0.25, 0.3) is 10.1 Å². The summed E-state index contributed by atoms with van der Waals surface area (Å²) in [6.45, 7) is 2.61. The minimum absolute atomic E-state index is 0. The van der Waals surface area contributed by atoms with E-state index in [0.717, 1.165) is 7.11 Å². The molecule has 0 aromatic rings. The van der Waals surface area contributed by atoms with Crippen LogP contribution in [0.2, 0.25) is 0 Å². The van der Waals surface area contributed by atoms with Crippen LogP contribution in [0.4, 0.5) is 0 Å². The van der Waals surface area contributed by atoms with Gasteiger partial charge in [-0.3, -0.25) is 0 Å². The van der Waals surface area contributed by atoms with Crippen LogP contribution in [0.25, 0.3) is 0 Å². The van der Waals surface area contributed by atoms with Gasteiger partial charge in [0.15, 0.2) is 12.6 Å². The van der Waals surface area contributed by atoms with Crippen molar-refractivity contribution in [3.05, 3.63) is 0 Å². The van der Waals surface area contributed by atoms with E-state index in [9.17, 15) is 38.9 Å². The summed E-state index contributed by atoms with van der Waals surface area (Å²) < 4.78 is 47.9.